The second-order valence-electron chi connectivity index (χ2n) is 7.51. The van der Waals surface area contributed by atoms with Gasteiger partial charge in [0.05, 0.1) is 0 Å². The fraction of sp³-hybridized carbons (Fsp3) is 0.862. The number of rotatable bonds is 1. The van der Waals surface area contributed by atoms with E-state index < -0.39 is 0 Å². The molecule has 2 nitrogen and oxygen atoms in total. The second-order valence-corrected chi connectivity index (χ2v) is 7.51. The predicted octanol–water partition coefficient (Wildman–Crippen LogP) is 10.5. The van der Waals surface area contributed by atoms with E-state index in [1.54, 1.807) is 0 Å². The minimum absolute atomic E-state index is 0. The van der Waals surface area contributed by atoms with Crippen molar-refractivity contribution in [3.8, 4) is 0 Å². The fourth-order valence-electron chi connectivity index (χ4n) is 3.21. The van der Waals surface area contributed by atoms with Crippen molar-refractivity contribution in [3.05, 3.63) is 32.4 Å². The molecular weight excluding hydrogens is 776 g/mol. The van der Waals surface area contributed by atoms with E-state index in [0.29, 0.717) is 6.42 Å². The van der Waals surface area contributed by atoms with Gasteiger partial charge in [-0.3, -0.25) is 6.54 Å². The molecule has 0 aromatic heterocycles. The van der Waals surface area contributed by atoms with Crippen LogP contribution in [0.2, 0.25) is 0 Å². The van der Waals surface area contributed by atoms with Crippen molar-refractivity contribution in [1.82, 2.24) is 0 Å². The Morgan fingerprint density at radius 3 is 0.778 bits per heavy atom. The molecule has 0 saturated heterocycles. The van der Waals surface area contributed by atoms with Gasteiger partial charge in [-0.2, -0.15) is 32.1 Å². The quantitative estimate of drug-likeness (QED) is 0.208. The van der Waals surface area contributed by atoms with E-state index in [0.717, 1.165) is 0 Å². The first-order valence-corrected chi connectivity index (χ1v) is 13.8. The van der Waals surface area contributed by atoms with Gasteiger partial charge in [0, 0.05) is 59.3 Å². The molecule has 2 radical (unpaired) electrons. The van der Waals surface area contributed by atoms with Crippen LogP contribution in [0.25, 0.3) is 5.73 Å². The molecule has 0 aromatic carbocycles. The molecule has 0 atom stereocenters. The Morgan fingerprint density at radius 1 is 0.583 bits per heavy atom. The van der Waals surface area contributed by atoms with Gasteiger partial charge in [0.2, 0.25) is 0 Å². The van der Waals surface area contributed by atoms with E-state index in [9.17, 15) is 0 Å². The van der Waals surface area contributed by atoms with Crippen LogP contribution in [0.1, 0.15) is 150 Å². The predicted molar refractivity (Wildman–Crippen MR) is 146 cm³/mol. The second kappa shape index (κ2) is 76.9. The molecule has 4 aliphatic carbocycles. The standard InChI is InChI=1S/2C5H10.2C5H9.C3H7O.C2H5N.2C2H6.2Fe.2V.W/c4*1-2-4-5-3-1;1-2-3-4;1-2-3;2*1-2;;;;;/h2*1-5H2;2*1H,2-5H2;4H,1-3H2;3H,1-2H2;2*1-2H3;;;;;/q;;3*-1;-2;;;;;;2*+2. The Hall–Kier alpha value is 2.82. The summed E-state index contributed by atoms with van der Waals surface area (Å²) in [6, 6.07) is 0. The molecule has 0 bridgehead atoms. The summed E-state index contributed by atoms with van der Waals surface area (Å²) in [4.78, 5) is 0. The first kappa shape index (κ1) is 62.4. The topological polar surface area (TPSA) is 44.0 Å². The van der Waals surface area contributed by atoms with Crippen molar-refractivity contribution in [2.75, 3.05) is 13.2 Å². The van der Waals surface area contributed by atoms with Crippen molar-refractivity contribution in [1.29, 1.82) is 0 Å². The number of hydrogen-bond acceptors (Lipinski definition) is 1. The van der Waals surface area contributed by atoms with Gasteiger partial charge in [0.1, 0.15) is 0 Å². The number of hydrogen-bond donors (Lipinski definition) is 1. The number of aliphatic hydroxyl groups is 1. The fourth-order valence-corrected chi connectivity index (χ4v) is 3.21. The smallest absolute Gasteiger partial charge is 0.704 e. The van der Waals surface area contributed by atoms with Gasteiger partial charge >= 0.3 is 39.6 Å². The van der Waals surface area contributed by atoms with E-state index in [2.05, 4.69) is 26.7 Å². The molecule has 222 valence electrons. The van der Waals surface area contributed by atoms with E-state index >= 15 is 0 Å². The van der Waals surface area contributed by atoms with Crippen molar-refractivity contribution in [2.45, 2.75) is 150 Å². The van der Waals surface area contributed by atoms with Crippen LogP contribution in [-0.2, 0) is 92.3 Å². The van der Waals surface area contributed by atoms with Gasteiger partial charge in [-0.15, -0.1) is 0 Å². The zero-order valence-corrected chi connectivity index (χ0v) is 32.3. The Kier molecular flexibility index (Phi) is 133. The van der Waals surface area contributed by atoms with Crippen LogP contribution in [0.4, 0.5) is 0 Å². The third kappa shape index (κ3) is 83.3. The summed E-state index contributed by atoms with van der Waals surface area (Å²) in [5.41, 5.74) is 6.10. The molecule has 4 fully saturated rings. The van der Waals surface area contributed by atoms with E-state index in [4.69, 9.17) is 10.8 Å². The minimum Gasteiger partial charge on any atom is -0.704 e. The number of nitrogens with one attached hydrogen (secondary N) is 1. The van der Waals surface area contributed by atoms with Gasteiger partial charge in [0.15, 0.2) is 0 Å². The zero-order chi connectivity index (χ0) is 24.3. The third-order valence-electron chi connectivity index (χ3n) is 4.79. The van der Waals surface area contributed by atoms with Crippen LogP contribution in [-0.4, -0.2) is 18.3 Å². The molecule has 2 N–H and O–H groups in total. The monoisotopic (exact) mass is 838 g/mol. The molecule has 4 aliphatic rings. The maximum absolute atomic E-state index is 7.81. The van der Waals surface area contributed by atoms with Crippen molar-refractivity contribution >= 4 is 0 Å². The van der Waals surface area contributed by atoms with Gasteiger partial charge in [-0.05, 0) is 0 Å². The average molecular weight is 838 g/mol. The molecule has 7 heteroatoms. The summed E-state index contributed by atoms with van der Waals surface area (Å²) >= 11 is 0. The molecule has 4 saturated carbocycles. The first-order chi connectivity index (χ1) is 15.3. The molecule has 0 aliphatic heterocycles. The Morgan fingerprint density at radius 2 is 0.722 bits per heavy atom. The van der Waals surface area contributed by atoms with E-state index in [-0.39, 0.29) is 105 Å². The summed E-state index contributed by atoms with van der Waals surface area (Å²) < 4.78 is 0. The van der Waals surface area contributed by atoms with Gasteiger partial charge in [0.25, 0.3) is 0 Å². The summed E-state index contributed by atoms with van der Waals surface area (Å²) in [5, 5.41) is 7.81. The third-order valence-corrected chi connectivity index (χ3v) is 4.79. The minimum atomic E-state index is 0. The van der Waals surface area contributed by atoms with Crippen LogP contribution in [0.15, 0.2) is 0 Å². The van der Waals surface area contributed by atoms with Crippen LogP contribution in [0.3, 0.4) is 0 Å². The molecule has 36 heavy (non-hydrogen) atoms. The average Bonchev–Trinajstić information content (AvgIpc) is 3.66. The molecule has 4 rings (SSSR count). The van der Waals surface area contributed by atoms with Crippen molar-refractivity contribution in [2.24, 2.45) is 0 Å². The van der Waals surface area contributed by atoms with Crippen LogP contribution in [0, 0.1) is 26.7 Å². The molecule has 0 amide bonds. The van der Waals surface area contributed by atoms with Crippen LogP contribution >= 0.6 is 0 Å². The van der Waals surface area contributed by atoms with Crippen LogP contribution in [0.5, 0.6) is 0 Å². The van der Waals surface area contributed by atoms with Gasteiger partial charge < -0.3 is 37.5 Å². The molecule has 0 heterocycles. The van der Waals surface area contributed by atoms with Crippen molar-refractivity contribution < 1.29 is 97.4 Å². The maximum Gasteiger partial charge on any atom is 2.00 e. The Labute approximate surface area is 290 Å². The van der Waals surface area contributed by atoms with E-state index in [1.165, 1.54) is 116 Å². The van der Waals surface area contributed by atoms with Gasteiger partial charge in [-0.25, -0.2) is 0 Å². The Bertz CT molecular complexity index is 161. The maximum atomic E-state index is 7.81. The SMILES string of the molecule is C1CCCC1.C1CCCC1.CC.CC.[CH-]1CCCC1.[CH-]1CCCC1.[CH2-]CCO.[CH2-]C[NH-].[Fe].[Fe].[V+2].[V].[W+2]. The molecule has 0 unspecified atom stereocenters. The normalized spacial score (nSPS) is 15.0. The van der Waals surface area contributed by atoms with Crippen molar-refractivity contribution in [3.63, 3.8) is 0 Å². The number of aliphatic hydroxyl groups excluding tert-OH is 1. The summed E-state index contributed by atoms with van der Waals surface area (Å²) in [7, 11) is 0. The Balaban J connectivity index is -0.0000000331. The van der Waals surface area contributed by atoms with Crippen LogP contribution < -0.4 is 0 Å². The first-order valence-electron chi connectivity index (χ1n) is 13.8. The molecule has 0 spiro atoms. The summed E-state index contributed by atoms with van der Waals surface area (Å²) in [6.45, 7) is 15.0. The van der Waals surface area contributed by atoms with Gasteiger partial charge in [-0.1, -0.05) is 118 Å². The largest absolute Gasteiger partial charge is 2.00 e. The summed E-state index contributed by atoms with van der Waals surface area (Å²) in [6.07, 6.45) is 31.6. The molecule has 0 aromatic rings. The zero-order valence-electron chi connectivity index (χ0n) is 24.4. The summed E-state index contributed by atoms with van der Waals surface area (Å²) in [5.74, 6) is 0. The molecular formula is C29H62Fe2NOV2W-. The van der Waals surface area contributed by atoms with E-state index in [1.807, 2.05) is 27.7 Å².